The first-order chi connectivity index (χ1) is 6.06. The summed E-state index contributed by atoms with van der Waals surface area (Å²) in [4.78, 5) is 13.3. The predicted molar refractivity (Wildman–Crippen MR) is 42.2 cm³/mol. The highest BCUT2D eigenvalue weighted by Crippen LogP contribution is 2.29. The molecule has 0 atom stereocenters. The molecule has 2 nitrogen and oxygen atoms in total. The Labute approximate surface area is 79.9 Å². The first kappa shape index (κ1) is 10.2. The number of nitrogens with zero attached hydrogens (tertiary/aromatic N) is 1. The molecule has 0 saturated carbocycles. The van der Waals surface area contributed by atoms with E-state index in [1.165, 1.54) is 0 Å². The number of hydrogen-bond donors (Lipinski definition) is 0. The van der Waals surface area contributed by atoms with Gasteiger partial charge in [0, 0.05) is 10.5 Å². The molecule has 0 radical (unpaired) electrons. The number of aromatic nitrogens is 1. The highest BCUT2D eigenvalue weighted by Gasteiger charge is 2.18. The van der Waals surface area contributed by atoms with Crippen molar-refractivity contribution in [3.05, 3.63) is 27.7 Å². The Morgan fingerprint density at radius 3 is 2.62 bits per heavy atom. The van der Waals surface area contributed by atoms with E-state index in [-0.39, 0.29) is 10.8 Å². The van der Waals surface area contributed by atoms with Crippen LogP contribution in [0.4, 0.5) is 13.2 Å². The second-order valence-electron chi connectivity index (χ2n) is 2.14. The summed E-state index contributed by atoms with van der Waals surface area (Å²) >= 11 is 2.72. The first-order valence-corrected chi connectivity index (χ1v) is 3.95. The molecule has 0 saturated heterocycles. The lowest BCUT2D eigenvalue weighted by Gasteiger charge is -2.04. The second-order valence-corrected chi connectivity index (χ2v) is 3.00. The fraction of sp³-hybridized carbons (Fsp3) is 0.143. The smallest absolute Gasteiger partial charge is 0.267 e. The molecule has 1 rings (SSSR count). The molecule has 0 aromatic carbocycles. The van der Waals surface area contributed by atoms with Gasteiger partial charge in [-0.3, -0.25) is 4.79 Å². The van der Waals surface area contributed by atoms with Gasteiger partial charge in [0.25, 0.3) is 6.43 Å². The second kappa shape index (κ2) is 3.87. The molecule has 0 unspecified atom stereocenters. The molecule has 0 aliphatic rings. The van der Waals surface area contributed by atoms with Crippen LogP contribution in [0.2, 0.25) is 0 Å². The maximum Gasteiger partial charge on any atom is 0.267 e. The van der Waals surface area contributed by atoms with Crippen molar-refractivity contribution in [3.63, 3.8) is 0 Å². The summed E-state index contributed by atoms with van der Waals surface area (Å²) in [6, 6.07) is 0.786. The van der Waals surface area contributed by atoms with Crippen molar-refractivity contribution in [2.75, 3.05) is 0 Å². The summed E-state index contributed by atoms with van der Waals surface area (Å²) < 4.78 is 36.9. The molecule has 0 spiro atoms. The Morgan fingerprint density at radius 1 is 1.54 bits per heavy atom. The van der Waals surface area contributed by atoms with E-state index < -0.39 is 23.6 Å². The van der Waals surface area contributed by atoms with Crippen LogP contribution in [0.3, 0.4) is 0 Å². The van der Waals surface area contributed by atoms with E-state index in [1.807, 2.05) is 0 Å². The number of halogens is 4. The van der Waals surface area contributed by atoms with Crippen LogP contribution in [0.5, 0.6) is 0 Å². The van der Waals surface area contributed by atoms with Crippen LogP contribution in [0, 0.1) is 5.95 Å². The normalized spacial score (nSPS) is 10.5. The maximum absolute atomic E-state index is 12.5. The third-order valence-corrected chi connectivity index (χ3v) is 1.99. The third-order valence-electron chi connectivity index (χ3n) is 1.34. The summed E-state index contributed by atoms with van der Waals surface area (Å²) in [7, 11) is 0. The highest BCUT2D eigenvalue weighted by atomic mass is 79.9. The Morgan fingerprint density at radius 2 is 2.15 bits per heavy atom. The molecule has 1 aromatic heterocycles. The highest BCUT2D eigenvalue weighted by molar-refractivity contribution is 9.10. The van der Waals surface area contributed by atoms with Crippen LogP contribution in [0.25, 0.3) is 0 Å². The topological polar surface area (TPSA) is 30.0 Å². The van der Waals surface area contributed by atoms with E-state index in [0.717, 1.165) is 6.07 Å². The number of carbonyl (C=O) groups is 1. The molecule has 6 heteroatoms. The molecule has 0 bridgehead atoms. The van der Waals surface area contributed by atoms with Gasteiger partial charge in [-0.15, -0.1) is 0 Å². The van der Waals surface area contributed by atoms with Gasteiger partial charge in [0.05, 0.1) is 5.56 Å². The van der Waals surface area contributed by atoms with Crippen molar-refractivity contribution in [1.82, 2.24) is 4.98 Å². The van der Waals surface area contributed by atoms with Crippen molar-refractivity contribution >= 4 is 22.2 Å². The van der Waals surface area contributed by atoms with Gasteiger partial charge in [0.15, 0.2) is 6.29 Å². The largest absolute Gasteiger partial charge is 0.296 e. The van der Waals surface area contributed by atoms with Crippen LogP contribution >= 0.6 is 15.9 Å². The van der Waals surface area contributed by atoms with Crippen molar-refractivity contribution in [2.24, 2.45) is 0 Å². The Balaban J connectivity index is 3.38. The molecular formula is C7H3BrF3NO. The standard InChI is InChI=1S/C7H3BrF3NO/c8-3-1-5(9)12-4(2-13)6(3)7(10)11/h1-2,7H. The molecule has 1 heterocycles. The van der Waals surface area contributed by atoms with Crippen molar-refractivity contribution in [1.29, 1.82) is 0 Å². The van der Waals surface area contributed by atoms with Crippen LogP contribution in [0.1, 0.15) is 22.5 Å². The molecule has 13 heavy (non-hydrogen) atoms. The molecule has 0 aliphatic heterocycles. The zero-order chi connectivity index (χ0) is 10.0. The molecule has 0 amide bonds. The van der Waals surface area contributed by atoms with Gasteiger partial charge >= 0.3 is 0 Å². The molecule has 0 fully saturated rings. The number of aldehydes is 1. The van der Waals surface area contributed by atoms with Crippen molar-refractivity contribution < 1.29 is 18.0 Å². The average molecular weight is 254 g/mol. The lowest BCUT2D eigenvalue weighted by atomic mass is 10.2. The molecule has 0 N–H and O–H groups in total. The van der Waals surface area contributed by atoms with Gasteiger partial charge in [0.2, 0.25) is 5.95 Å². The minimum absolute atomic E-state index is 0.0926. The Hall–Kier alpha value is -0.910. The van der Waals surface area contributed by atoms with Crippen LogP contribution in [-0.2, 0) is 0 Å². The minimum atomic E-state index is -2.86. The van der Waals surface area contributed by atoms with Crippen LogP contribution < -0.4 is 0 Å². The Kier molecular flexibility index (Phi) is 3.02. The summed E-state index contributed by atoms with van der Waals surface area (Å²) in [5.41, 5.74) is -1.17. The number of hydrogen-bond acceptors (Lipinski definition) is 2. The van der Waals surface area contributed by atoms with Gasteiger partial charge in [-0.05, 0) is 0 Å². The van der Waals surface area contributed by atoms with Crippen molar-refractivity contribution in [2.45, 2.75) is 6.43 Å². The minimum Gasteiger partial charge on any atom is -0.296 e. The maximum atomic E-state index is 12.5. The van der Waals surface area contributed by atoms with Gasteiger partial charge < -0.3 is 0 Å². The lowest BCUT2D eigenvalue weighted by molar-refractivity contribution is 0.110. The molecule has 70 valence electrons. The number of rotatable bonds is 2. The van der Waals surface area contributed by atoms with Gasteiger partial charge in [-0.2, -0.15) is 4.39 Å². The van der Waals surface area contributed by atoms with E-state index in [2.05, 4.69) is 20.9 Å². The zero-order valence-electron chi connectivity index (χ0n) is 6.10. The lowest BCUT2D eigenvalue weighted by Crippen LogP contribution is -2.00. The SMILES string of the molecule is O=Cc1nc(F)cc(Br)c1C(F)F. The van der Waals surface area contributed by atoms with Crippen LogP contribution in [0.15, 0.2) is 10.5 Å². The summed E-state index contributed by atoms with van der Waals surface area (Å²) in [5.74, 6) is -0.974. The van der Waals surface area contributed by atoms with Gasteiger partial charge in [-0.25, -0.2) is 13.8 Å². The summed E-state index contributed by atoms with van der Waals surface area (Å²) in [6.45, 7) is 0. The summed E-state index contributed by atoms with van der Waals surface area (Å²) in [5, 5.41) is 0. The average Bonchev–Trinajstić information content (AvgIpc) is 2.01. The van der Waals surface area contributed by atoms with Gasteiger partial charge in [0.1, 0.15) is 5.69 Å². The monoisotopic (exact) mass is 253 g/mol. The van der Waals surface area contributed by atoms with Gasteiger partial charge in [-0.1, -0.05) is 15.9 Å². The first-order valence-electron chi connectivity index (χ1n) is 3.15. The number of alkyl halides is 2. The molecule has 0 aliphatic carbocycles. The van der Waals surface area contributed by atoms with E-state index in [0.29, 0.717) is 0 Å². The number of carbonyl (C=O) groups excluding carboxylic acids is 1. The zero-order valence-corrected chi connectivity index (χ0v) is 7.69. The summed E-state index contributed by atoms with van der Waals surface area (Å²) in [6.07, 6.45) is -2.77. The van der Waals surface area contributed by atoms with E-state index in [4.69, 9.17) is 0 Å². The fourth-order valence-electron chi connectivity index (χ4n) is 0.818. The Bertz CT molecular complexity index is 343. The fourth-order valence-corrected chi connectivity index (χ4v) is 1.38. The predicted octanol–water partition coefficient (Wildman–Crippen LogP) is 2.73. The van der Waals surface area contributed by atoms with Crippen molar-refractivity contribution in [3.8, 4) is 0 Å². The van der Waals surface area contributed by atoms with E-state index in [9.17, 15) is 18.0 Å². The van der Waals surface area contributed by atoms with E-state index in [1.54, 1.807) is 0 Å². The molecular weight excluding hydrogens is 251 g/mol. The third kappa shape index (κ3) is 2.06. The quantitative estimate of drug-likeness (QED) is 0.600. The molecule has 1 aromatic rings. The van der Waals surface area contributed by atoms with Crippen LogP contribution in [-0.4, -0.2) is 11.3 Å². The van der Waals surface area contributed by atoms with E-state index >= 15 is 0 Å². The number of pyridine rings is 1.